The number of methoxy groups -OCH3 is 1. The lowest BCUT2D eigenvalue weighted by atomic mass is 10.0. The lowest BCUT2D eigenvalue weighted by molar-refractivity contribution is -0.121. The van der Waals surface area contributed by atoms with Crippen LogP contribution in [0.4, 0.5) is 0 Å². The van der Waals surface area contributed by atoms with Crippen LogP contribution in [-0.2, 0) is 24.1 Å². The highest BCUT2D eigenvalue weighted by Crippen LogP contribution is 2.28. The second-order valence-corrected chi connectivity index (χ2v) is 7.54. The number of para-hydroxylation sites is 1. The number of amides is 1. The van der Waals surface area contributed by atoms with Crippen LogP contribution in [0.25, 0.3) is 0 Å². The molecule has 0 atom stereocenters. The number of carbonyl (C=O) groups is 1. The first-order valence-corrected chi connectivity index (χ1v) is 10.4. The van der Waals surface area contributed by atoms with Crippen molar-refractivity contribution in [2.45, 2.75) is 64.2 Å². The third-order valence-electron chi connectivity index (χ3n) is 5.46. The van der Waals surface area contributed by atoms with Crippen molar-refractivity contribution < 1.29 is 13.9 Å². The standard InChI is InChI=1S/C22H31N3O3/c1-27-19-11-5-4-10-18(19)12-14-21-24-25-22(28-21)15-13-20(26)23-16-6-9-17-7-2-3-8-17/h4-5,10-11,17H,2-3,6-9,12-16H2,1H3,(H,23,26). The van der Waals surface area contributed by atoms with Crippen LogP contribution in [0.3, 0.4) is 0 Å². The van der Waals surface area contributed by atoms with Crippen LogP contribution in [0.2, 0.25) is 0 Å². The molecule has 0 saturated heterocycles. The van der Waals surface area contributed by atoms with E-state index in [1.165, 1.54) is 32.1 Å². The molecule has 1 amide bonds. The third-order valence-corrected chi connectivity index (χ3v) is 5.46. The number of aromatic nitrogens is 2. The fourth-order valence-electron chi connectivity index (χ4n) is 3.87. The summed E-state index contributed by atoms with van der Waals surface area (Å²) in [5.41, 5.74) is 1.11. The van der Waals surface area contributed by atoms with E-state index in [0.29, 0.717) is 31.0 Å². The maximum absolute atomic E-state index is 12.0. The van der Waals surface area contributed by atoms with Crippen molar-refractivity contribution in [3.8, 4) is 5.75 Å². The van der Waals surface area contributed by atoms with Gasteiger partial charge in [0.05, 0.1) is 7.11 Å². The van der Waals surface area contributed by atoms with E-state index in [1.807, 2.05) is 24.3 Å². The van der Waals surface area contributed by atoms with Gasteiger partial charge in [0.25, 0.3) is 0 Å². The molecule has 1 N–H and O–H groups in total. The minimum atomic E-state index is 0.0557. The minimum absolute atomic E-state index is 0.0557. The zero-order valence-corrected chi connectivity index (χ0v) is 16.8. The van der Waals surface area contributed by atoms with E-state index in [1.54, 1.807) is 7.11 Å². The fourth-order valence-corrected chi connectivity index (χ4v) is 3.87. The zero-order valence-electron chi connectivity index (χ0n) is 16.8. The van der Waals surface area contributed by atoms with Gasteiger partial charge in [0.15, 0.2) is 0 Å². The summed E-state index contributed by atoms with van der Waals surface area (Å²) in [5.74, 6) is 2.92. The van der Waals surface area contributed by atoms with Gasteiger partial charge in [-0.2, -0.15) is 0 Å². The largest absolute Gasteiger partial charge is 0.496 e. The fraction of sp³-hybridized carbons (Fsp3) is 0.591. The molecule has 6 heteroatoms. The maximum Gasteiger partial charge on any atom is 0.220 e. The molecule has 3 rings (SSSR count). The predicted octanol–water partition coefficient (Wildman–Crippen LogP) is 3.88. The summed E-state index contributed by atoms with van der Waals surface area (Å²) in [6.45, 7) is 0.767. The quantitative estimate of drug-likeness (QED) is 0.594. The monoisotopic (exact) mass is 385 g/mol. The molecule has 1 heterocycles. The summed E-state index contributed by atoms with van der Waals surface area (Å²) in [5, 5.41) is 11.2. The SMILES string of the molecule is COc1ccccc1CCc1nnc(CCC(=O)NCCCC2CCCC2)o1. The molecule has 0 aliphatic heterocycles. The van der Waals surface area contributed by atoms with Crippen LogP contribution in [0.15, 0.2) is 28.7 Å². The van der Waals surface area contributed by atoms with Crippen LogP contribution in [0.5, 0.6) is 5.75 Å². The molecule has 28 heavy (non-hydrogen) atoms. The first-order valence-electron chi connectivity index (χ1n) is 10.4. The van der Waals surface area contributed by atoms with Gasteiger partial charge >= 0.3 is 0 Å². The molecule has 6 nitrogen and oxygen atoms in total. The zero-order chi connectivity index (χ0) is 19.6. The number of nitrogens with zero attached hydrogens (tertiary/aromatic N) is 2. The van der Waals surface area contributed by atoms with Crippen molar-refractivity contribution in [3.05, 3.63) is 41.6 Å². The van der Waals surface area contributed by atoms with E-state index < -0.39 is 0 Å². The van der Waals surface area contributed by atoms with Gasteiger partial charge in [-0.25, -0.2) is 0 Å². The molecular formula is C22H31N3O3. The predicted molar refractivity (Wildman–Crippen MR) is 107 cm³/mol. The molecule has 1 aromatic carbocycles. The number of hydrogen-bond donors (Lipinski definition) is 1. The van der Waals surface area contributed by atoms with Gasteiger partial charge in [-0.05, 0) is 36.8 Å². The minimum Gasteiger partial charge on any atom is -0.496 e. The molecule has 0 bridgehead atoms. The van der Waals surface area contributed by atoms with Crippen LogP contribution >= 0.6 is 0 Å². The molecule has 1 saturated carbocycles. The number of aryl methyl sites for hydroxylation is 3. The van der Waals surface area contributed by atoms with Crippen molar-refractivity contribution in [2.24, 2.45) is 5.92 Å². The Hall–Kier alpha value is -2.37. The lowest BCUT2D eigenvalue weighted by Gasteiger charge is -2.09. The summed E-state index contributed by atoms with van der Waals surface area (Å²) in [6, 6.07) is 7.92. The van der Waals surface area contributed by atoms with Gasteiger partial charge < -0.3 is 14.5 Å². The highest BCUT2D eigenvalue weighted by Gasteiger charge is 2.14. The highest BCUT2D eigenvalue weighted by atomic mass is 16.5. The number of hydrogen-bond acceptors (Lipinski definition) is 5. The summed E-state index contributed by atoms with van der Waals surface area (Å²) in [4.78, 5) is 12.0. The van der Waals surface area contributed by atoms with Crippen LogP contribution in [-0.4, -0.2) is 29.8 Å². The molecule has 1 aromatic heterocycles. The summed E-state index contributed by atoms with van der Waals surface area (Å²) in [7, 11) is 1.67. The molecular weight excluding hydrogens is 354 g/mol. The number of benzene rings is 1. The summed E-state index contributed by atoms with van der Waals surface area (Å²) < 4.78 is 11.0. The van der Waals surface area contributed by atoms with Gasteiger partial charge in [0.1, 0.15) is 5.75 Å². The van der Waals surface area contributed by atoms with E-state index >= 15 is 0 Å². The van der Waals surface area contributed by atoms with E-state index in [2.05, 4.69) is 15.5 Å². The third kappa shape index (κ3) is 6.36. The molecule has 152 valence electrons. The van der Waals surface area contributed by atoms with E-state index in [0.717, 1.165) is 36.6 Å². The first kappa shape index (κ1) is 20.4. The number of nitrogens with one attached hydrogen (secondary N) is 1. The number of ether oxygens (including phenoxy) is 1. The van der Waals surface area contributed by atoms with Gasteiger partial charge in [0, 0.05) is 25.8 Å². The van der Waals surface area contributed by atoms with E-state index in [4.69, 9.17) is 9.15 Å². The van der Waals surface area contributed by atoms with Crippen molar-refractivity contribution in [2.75, 3.05) is 13.7 Å². The van der Waals surface area contributed by atoms with Gasteiger partial charge in [-0.3, -0.25) is 4.79 Å². The van der Waals surface area contributed by atoms with E-state index in [-0.39, 0.29) is 5.91 Å². The number of carbonyl (C=O) groups excluding carboxylic acids is 1. The Morgan fingerprint density at radius 2 is 1.89 bits per heavy atom. The molecule has 2 aromatic rings. The first-order chi connectivity index (χ1) is 13.7. The molecule has 0 radical (unpaired) electrons. The highest BCUT2D eigenvalue weighted by molar-refractivity contribution is 5.75. The Morgan fingerprint density at radius 3 is 2.68 bits per heavy atom. The molecule has 0 unspecified atom stereocenters. The summed E-state index contributed by atoms with van der Waals surface area (Å²) >= 11 is 0. The molecule has 1 fully saturated rings. The molecule has 1 aliphatic rings. The second kappa shape index (κ2) is 10.8. The van der Waals surface area contributed by atoms with Crippen molar-refractivity contribution in [3.63, 3.8) is 0 Å². The van der Waals surface area contributed by atoms with Crippen LogP contribution in [0.1, 0.15) is 62.3 Å². The Labute approximate surface area is 167 Å². The Balaban J connectivity index is 1.33. The van der Waals surface area contributed by atoms with Crippen molar-refractivity contribution >= 4 is 5.91 Å². The molecule has 0 spiro atoms. The Bertz CT molecular complexity index is 738. The smallest absolute Gasteiger partial charge is 0.220 e. The number of rotatable bonds is 11. The average molecular weight is 386 g/mol. The Kier molecular flexibility index (Phi) is 7.88. The normalized spacial score (nSPS) is 14.3. The lowest BCUT2D eigenvalue weighted by Crippen LogP contribution is -2.25. The van der Waals surface area contributed by atoms with Crippen LogP contribution in [0, 0.1) is 5.92 Å². The van der Waals surface area contributed by atoms with Gasteiger partial charge in [0.2, 0.25) is 17.7 Å². The average Bonchev–Trinajstić information content (AvgIpc) is 3.40. The maximum atomic E-state index is 12.0. The summed E-state index contributed by atoms with van der Waals surface area (Å²) in [6.07, 6.45) is 10.1. The second-order valence-electron chi connectivity index (χ2n) is 7.54. The van der Waals surface area contributed by atoms with Gasteiger partial charge in [-0.1, -0.05) is 43.9 Å². The van der Waals surface area contributed by atoms with Crippen molar-refractivity contribution in [1.29, 1.82) is 0 Å². The topological polar surface area (TPSA) is 77.2 Å². The van der Waals surface area contributed by atoms with E-state index in [9.17, 15) is 4.79 Å². The molecule has 1 aliphatic carbocycles. The van der Waals surface area contributed by atoms with Gasteiger partial charge in [-0.15, -0.1) is 10.2 Å². The Morgan fingerprint density at radius 1 is 1.14 bits per heavy atom. The van der Waals surface area contributed by atoms with Crippen LogP contribution < -0.4 is 10.1 Å². The van der Waals surface area contributed by atoms with Crippen molar-refractivity contribution in [1.82, 2.24) is 15.5 Å².